The highest BCUT2D eigenvalue weighted by Gasteiger charge is 2.37. The number of aliphatic hydroxyl groups excluding tert-OH is 1. The molecular formula is C16H23NO4. The van der Waals surface area contributed by atoms with Crippen molar-refractivity contribution in [1.29, 1.82) is 0 Å². The van der Waals surface area contributed by atoms with Crippen molar-refractivity contribution in [2.45, 2.75) is 39.2 Å². The van der Waals surface area contributed by atoms with Gasteiger partial charge in [-0.25, -0.2) is 0 Å². The summed E-state index contributed by atoms with van der Waals surface area (Å²) in [6.07, 6.45) is 0.696. The average molecular weight is 293 g/mol. The molecule has 0 radical (unpaired) electrons. The molecule has 0 fully saturated rings. The zero-order chi connectivity index (χ0) is 15.9. The first-order chi connectivity index (χ1) is 9.99. The predicted molar refractivity (Wildman–Crippen MR) is 79.7 cm³/mol. The number of aliphatic carboxylic acids is 1. The van der Waals surface area contributed by atoms with E-state index in [9.17, 15) is 19.8 Å². The van der Waals surface area contributed by atoms with E-state index in [1.807, 2.05) is 30.3 Å². The second-order valence-electron chi connectivity index (χ2n) is 5.18. The fourth-order valence-electron chi connectivity index (χ4n) is 2.35. The van der Waals surface area contributed by atoms with Crippen molar-refractivity contribution in [3.8, 4) is 0 Å². The maximum absolute atomic E-state index is 12.1. The van der Waals surface area contributed by atoms with Crippen molar-refractivity contribution in [2.24, 2.45) is 5.41 Å². The molecule has 5 heteroatoms. The van der Waals surface area contributed by atoms with Gasteiger partial charge in [-0.15, -0.1) is 0 Å². The molecular weight excluding hydrogens is 270 g/mol. The van der Waals surface area contributed by atoms with E-state index in [1.165, 1.54) is 0 Å². The number of carbonyl (C=O) groups excluding carboxylic acids is 1. The van der Waals surface area contributed by atoms with Crippen LogP contribution in [-0.2, 0) is 9.59 Å². The van der Waals surface area contributed by atoms with E-state index in [2.05, 4.69) is 5.32 Å². The van der Waals surface area contributed by atoms with Gasteiger partial charge in [-0.2, -0.15) is 0 Å². The molecule has 1 unspecified atom stereocenters. The van der Waals surface area contributed by atoms with Crippen LogP contribution < -0.4 is 5.32 Å². The summed E-state index contributed by atoms with van der Waals surface area (Å²) in [7, 11) is 0. The molecule has 1 aromatic rings. The Morgan fingerprint density at radius 1 is 1.19 bits per heavy atom. The molecule has 1 amide bonds. The highest BCUT2D eigenvalue weighted by Crippen LogP contribution is 2.31. The van der Waals surface area contributed by atoms with Crippen LogP contribution in [0.3, 0.4) is 0 Å². The second kappa shape index (κ2) is 7.78. The van der Waals surface area contributed by atoms with Crippen LogP contribution in [-0.4, -0.2) is 28.7 Å². The number of carboxylic acids is 1. The van der Waals surface area contributed by atoms with Crippen LogP contribution >= 0.6 is 0 Å². The fourth-order valence-corrected chi connectivity index (χ4v) is 2.35. The summed E-state index contributed by atoms with van der Waals surface area (Å²) in [6.45, 7) is 3.31. The molecule has 21 heavy (non-hydrogen) atoms. The van der Waals surface area contributed by atoms with Crippen LogP contribution in [0, 0.1) is 5.41 Å². The molecule has 0 spiro atoms. The van der Waals surface area contributed by atoms with E-state index in [0.29, 0.717) is 12.8 Å². The molecule has 0 saturated heterocycles. The van der Waals surface area contributed by atoms with Gasteiger partial charge >= 0.3 is 5.97 Å². The van der Waals surface area contributed by atoms with E-state index < -0.39 is 17.4 Å². The first-order valence-electron chi connectivity index (χ1n) is 7.17. The van der Waals surface area contributed by atoms with Crippen LogP contribution in [0.15, 0.2) is 30.3 Å². The Balaban J connectivity index is 2.77. The minimum Gasteiger partial charge on any atom is -0.481 e. The first kappa shape index (κ1) is 17.2. The summed E-state index contributed by atoms with van der Waals surface area (Å²) in [4.78, 5) is 23.6. The number of hydrogen-bond acceptors (Lipinski definition) is 3. The largest absolute Gasteiger partial charge is 0.481 e. The Labute approximate surface area is 125 Å². The molecule has 0 saturated carbocycles. The number of amides is 1. The number of carbonyl (C=O) groups is 2. The van der Waals surface area contributed by atoms with Gasteiger partial charge in [0.05, 0.1) is 18.1 Å². The fraction of sp³-hybridized carbons (Fsp3) is 0.500. The number of rotatable bonds is 8. The second-order valence-corrected chi connectivity index (χ2v) is 5.18. The van der Waals surface area contributed by atoms with E-state index in [1.54, 1.807) is 13.8 Å². The molecule has 3 N–H and O–H groups in total. The highest BCUT2D eigenvalue weighted by molar-refractivity contribution is 5.85. The van der Waals surface area contributed by atoms with Crippen LogP contribution in [0.5, 0.6) is 0 Å². The maximum Gasteiger partial charge on any atom is 0.310 e. The number of nitrogens with one attached hydrogen (secondary N) is 1. The molecule has 1 atom stereocenters. The zero-order valence-corrected chi connectivity index (χ0v) is 12.5. The van der Waals surface area contributed by atoms with Gasteiger partial charge in [0, 0.05) is 6.42 Å². The van der Waals surface area contributed by atoms with Crippen molar-refractivity contribution in [1.82, 2.24) is 5.32 Å². The quantitative estimate of drug-likeness (QED) is 0.685. The lowest BCUT2D eigenvalue weighted by molar-refractivity contribution is -0.152. The Morgan fingerprint density at radius 2 is 1.76 bits per heavy atom. The molecule has 5 nitrogen and oxygen atoms in total. The Morgan fingerprint density at radius 3 is 2.19 bits per heavy atom. The van der Waals surface area contributed by atoms with Gasteiger partial charge in [0.1, 0.15) is 0 Å². The summed E-state index contributed by atoms with van der Waals surface area (Å²) < 4.78 is 0. The SMILES string of the molecule is CCC(CC)(CC(=O)NC(CO)c1ccccc1)C(=O)O. The van der Waals surface area contributed by atoms with Crippen LogP contribution in [0.2, 0.25) is 0 Å². The topological polar surface area (TPSA) is 86.6 Å². The van der Waals surface area contributed by atoms with Crippen molar-refractivity contribution in [2.75, 3.05) is 6.61 Å². The maximum atomic E-state index is 12.1. The smallest absolute Gasteiger partial charge is 0.310 e. The van der Waals surface area contributed by atoms with Crippen molar-refractivity contribution < 1.29 is 19.8 Å². The van der Waals surface area contributed by atoms with Gasteiger partial charge in [-0.3, -0.25) is 9.59 Å². The standard InChI is InChI=1S/C16H23NO4/c1-3-16(4-2,15(20)21)10-14(19)17-13(11-18)12-8-6-5-7-9-12/h5-9,13,18H,3-4,10-11H2,1-2H3,(H,17,19)(H,20,21). The summed E-state index contributed by atoms with van der Waals surface area (Å²) >= 11 is 0. The van der Waals surface area contributed by atoms with Crippen LogP contribution in [0.25, 0.3) is 0 Å². The third-order valence-electron chi connectivity index (χ3n) is 4.03. The normalized spacial score (nSPS) is 12.7. The summed E-state index contributed by atoms with van der Waals surface area (Å²) in [5, 5.41) is 21.5. The Hall–Kier alpha value is -1.88. The zero-order valence-electron chi connectivity index (χ0n) is 12.5. The number of hydrogen-bond donors (Lipinski definition) is 3. The Kier molecular flexibility index (Phi) is 6.37. The van der Waals surface area contributed by atoms with E-state index >= 15 is 0 Å². The summed E-state index contributed by atoms with van der Waals surface area (Å²) in [5.41, 5.74) is -0.247. The third kappa shape index (κ3) is 4.29. The van der Waals surface area contributed by atoms with Gasteiger partial charge in [0.15, 0.2) is 0 Å². The molecule has 0 bridgehead atoms. The van der Waals surface area contributed by atoms with Gasteiger partial charge in [0.2, 0.25) is 5.91 Å². The van der Waals surface area contributed by atoms with Gasteiger partial charge in [0.25, 0.3) is 0 Å². The lowest BCUT2D eigenvalue weighted by Gasteiger charge is -2.27. The summed E-state index contributed by atoms with van der Waals surface area (Å²) in [6, 6.07) is 8.60. The number of carboxylic acid groups (broad SMARTS) is 1. The molecule has 1 rings (SSSR count). The average Bonchev–Trinajstić information content (AvgIpc) is 2.51. The molecule has 0 aromatic heterocycles. The van der Waals surface area contributed by atoms with Crippen molar-refractivity contribution in [3.63, 3.8) is 0 Å². The molecule has 1 aromatic carbocycles. The molecule has 116 valence electrons. The first-order valence-corrected chi connectivity index (χ1v) is 7.17. The van der Waals surface area contributed by atoms with Gasteiger partial charge in [-0.05, 0) is 18.4 Å². The van der Waals surface area contributed by atoms with Crippen LogP contribution in [0.4, 0.5) is 0 Å². The lowest BCUT2D eigenvalue weighted by atomic mass is 9.79. The number of aliphatic hydroxyl groups is 1. The van der Waals surface area contributed by atoms with Crippen LogP contribution in [0.1, 0.15) is 44.7 Å². The van der Waals surface area contributed by atoms with Gasteiger partial charge < -0.3 is 15.5 Å². The van der Waals surface area contributed by atoms with E-state index in [4.69, 9.17) is 0 Å². The molecule has 0 aliphatic heterocycles. The van der Waals surface area contributed by atoms with Crippen molar-refractivity contribution >= 4 is 11.9 Å². The summed E-state index contributed by atoms with van der Waals surface area (Å²) in [5.74, 6) is -1.31. The molecule has 0 heterocycles. The predicted octanol–water partition coefficient (Wildman–Crippen LogP) is 2.12. The molecule has 0 aliphatic rings. The van der Waals surface area contributed by atoms with Crippen molar-refractivity contribution in [3.05, 3.63) is 35.9 Å². The van der Waals surface area contributed by atoms with E-state index in [-0.39, 0.29) is 18.9 Å². The minimum atomic E-state index is -1.04. The number of benzene rings is 1. The van der Waals surface area contributed by atoms with E-state index in [0.717, 1.165) is 5.56 Å². The third-order valence-corrected chi connectivity index (χ3v) is 4.03. The monoisotopic (exact) mass is 293 g/mol. The molecule has 0 aliphatic carbocycles. The Bertz CT molecular complexity index is 468. The van der Waals surface area contributed by atoms with Gasteiger partial charge in [-0.1, -0.05) is 44.2 Å². The lowest BCUT2D eigenvalue weighted by Crippen LogP contribution is -2.39. The highest BCUT2D eigenvalue weighted by atomic mass is 16.4. The minimum absolute atomic E-state index is 0.0847.